The van der Waals surface area contributed by atoms with Crippen LogP contribution in [0.4, 0.5) is 4.39 Å². The van der Waals surface area contributed by atoms with E-state index in [-0.39, 0.29) is 18.3 Å². The molecule has 0 aliphatic rings. The number of nitrogens with one attached hydrogen (secondary N) is 1. The minimum atomic E-state index is -0.363. The molecule has 0 fully saturated rings. The Balaban J connectivity index is 1.39. The summed E-state index contributed by atoms with van der Waals surface area (Å²) in [5.41, 5.74) is 2.03. The van der Waals surface area contributed by atoms with Crippen molar-refractivity contribution in [3.63, 3.8) is 0 Å². The van der Waals surface area contributed by atoms with E-state index in [1.165, 1.54) is 23.5 Å². The van der Waals surface area contributed by atoms with E-state index < -0.39 is 0 Å². The van der Waals surface area contributed by atoms with E-state index in [0.717, 1.165) is 15.2 Å². The molecule has 0 saturated carbocycles. The van der Waals surface area contributed by atoms with Crippen molar-refractivity contribution in [2.24, 2.45) is 0 Å². The molecule has 0 bridgehead atoms. The van der Waals surface area contributed by atoms with Crippen molar-refractivity contribution in [1.82, 2.24) is 19.9 Å². The fourth-order valence-electron chi connectivity index (χ4n) is 2.84. The largest absolute Gasteiger partial charge is 0.348 e. The lowest BCUT2D eigenvalue weighted by Gasteiger charge is -2.09. The van der Waals surface area contributed by atoms with Crippen molar-refractivity contribution in [2.45, 2.75) is 13.5 Å². The maximum absolute atomic E-state index is 14.4. The minimum absolute atomic E-state index is 0.239. The third kappa shape index (κ3) is 3.84. The molecule has 2 aromatic heterocycles. The van der Waals surface area contributed by atoms with Crippen molar-refractivity contribution in [1.29, 1.82) is 0 Å². The number of fused-ring (bicyclic) bond motifs is 1. The van der Waals surface area contributed by atoms with Crippen LogP contribution in [0.1, 0.15) is 16.4 Å². The summed E-state index contributed by atoms with van der Waals surface area (Å²) in [5, 5.41) is 3.53. The second-order valence-corrected chi connectivity index (χ2v) is 7.26. The number of aryl methyl sites for hydroxylation is 1. The molecule has 1 N–H and O–H groups in total. The molecule has 7 heteroatoms. The molecule has 0 radical (unpaired) electrons. The summed E-state index contributed by atoms with van der Waals surface area (Å²) < 4.78 is 17.2. The van der Waals surface area contributed by atoms with E-state index in [9.17, 15) is 9.18 Å². The molecule has 0 saturated heterocycles. The van der Waals surface area contributed by atoms with Crippen LogP contribution in [0.2, 0.25) is 0 Å². The quantitative estimate of drug-likeness (QED) is 0.516. The monoisotopic (exact) mass is 392 g/mol. The zero-order valence-corrected chi connectivity index (χ0v) is 15.9. The summed E-state index contributed by atoms with van der Waals surface area (Å²) in [6.07, 6.45) is 6.46. The predicted molar refractivity (Wildman–Crippen MR) is 109 cm³/mol. The highest BCUT2D eigenvalue weighted by Crippen LogP contribution is 2.22. The summed E-state index contributed by atoms with van der Waals surface area (Å²) in [6, 6.07) is 12.7. The molecule has 4 rings (SSSR count). The van der Waals surface area contributed by atoms with E-state index in [4.69, 9.17) is 0 Å². The van der Waals surface area contributed by atoms with E-state index in [2.05, 4.69) is 15.3 Å². The van der Waals surface area contributed by atoms with Crippen LogP contribution < -0.4 is 5.32 Å². The number of benzene rings is 2. The van der Waals surface area contributed by atoms with Crippen LogP contribution in [0.5, 0.6) is 0 Å². The summed E-state index contributed by atoms with van der Waals surface area (Å²) in [4.78, 5) is 20.6. The van der Waals surface area contributed by atoms with E-state index >= 15 is 0 Å². The number of aromatic nitrogens is 3. The summed E-state index contributed by atoms with van der Waals surface area (Å²) >= 11 is 1.52. The maximum Gasteiger partial charge on any atom is 0.244 e. The Morgan fingerprint density at radius 3 is 2.89 bits per heavy atom. The molecule has 0 atom stereocenters. The molecule has 0 aliphatic carbocycles. The van der Waals surface area contributed by atoms with Gasteiger partial charge in [-0.25, -0.2) is 14.4 Å². The number of amides is 1. The van der Waals surface area contributed by atoms with Crippen molar-refractivity contribution < 1.29 is 9.18 Å². The van der Waals surface area contributed by atoms with Crippen LogP contribution >= 0.6 is 11.3 Å². The van der Waals surface area contributed by atoms with Crippen LogP contribution in [0, 0.1) is 12.7 Å². The van der Waals surface area contributed by atoms with Gasteiger partial charge >= 0.3 is 0 Å². The number of carbonyl (C=O) groups excluding carboxylic acids is 1. The van der Waals surface area contributed by atoms with E-state index in [1.807, 2.05) is 31.2 Å². The van der Waals surface area contributed by atoms with Gasteiger partial charge in [0.1, 0.15) is 16.6 Å². The van der Waals surface area contributed by atoms with Gasteiger partial charge < -0.3 is 9.88 Å². The second-order valence-electron chi connectivity index (χ2n) is 6.20. The van der Waals surface area contributed by atoms with Crippen molar-refractivity contribution >= 4 is 33.5 Å². The zero-order chi connectivity index (χ0) is 19.5. The second kappa shape index (κ2) is 7.74. The van der Waals surface area contributed by atoms with Crippen molar-refractivity contribution in [3.8, 4) is 5.69 Å². The molecule has 1 amide bonds. The Bertz CT molecular complexity index is 1150. The van der Waals surface area contributed by atoms with Crippen molar-refractivity contribution in [2.75, 3.05) is 0 Å². The fourth-order valence-corrected chi connectivity index (χ4v) is 3.71. The van der Waals surface area contributed by atoms with E-state index in [1.54, 1.807) is 35.2 Å². The van der Waals surface area contributed by atoms with Crippen LogP contribution in [-0.4, -0.2) is 20.4 Å². The average molecular weight is 392 g/mol. The Morgan fingerprint density at radius 2 is 2.14 bits per heavy atom. The number of carbonyl (C=O) groups is 1. The molecule has 140 valence electrons. The lowest BCUT2D eigenvalue weighted by Crippen LogP contribution is -2.20. The third-order valence-corrected chi connectivity index (χ3v) is 5.25. The number of thiazole rings is 1. The first-order chi connectivity index (χ1) is 13.6. The number of halogens is 1. The molecule has 0 spiro atoms. The minimum Gasteiger partial charge on any atom is -0.348 e. The number of nitrogens with zero attached hydrogens (tertiary/aromatic N) is 3. The normalized spacial score (nSPS) is 11.4. The summed E-state index contributed by atoms with van der Waals surface area (Å²) in [5.74, 6) is 0.0898. The van der Waals surface area contributed by atoms with Gasteiger partial charge in [-0.2, -0.15) is 0 Å². The van der Waals surface area contributed by atoms with Gasteiger partial charge in [-0.1, -0.05) is 18.2 Å². The van der Waals surface area contributed by atoms with Gasteiger partial charge in [-0.05, 0) is 42.8 Å². The number of hydrogen-bond acceptors (Lipinski definition) is 4. The topological polar surface area (TPSA) is 59.8 Å². The standard InChI is InChI=1S/C21H17FN4OS/c1-14-23-10-11-26(14)18-7-6-15(12-16(18)22)13-24-20(27)8-9-21-25-17-4-2-3-5-19(17)28-21/h2-12H,13H2,1H3,(H,24,27)/b9-8+. The molecule has 0 unspecified atom stereocenters. The van der Waals surface area contributed by atoms with Gasteiger partial charge in [-0.15, -0.1) is 11.3 Å². The Labute approximate surface area is 165 Å². The Kier molecular flexibility index (Phi) is 4.99. The SMILES string of the molecule is Cc1nccn1-c1ccc(CNC(=O)/C=C/c2nc3ccccc3s2)cc1F. The van der Waals surface area contributed by atoms with Crippen LogP contribution in [0.3, 0.4) is 0 Å². The molecular weight excluding hydrogens is 375 g/mol. The molecule has 4 aromatic rings. The third-order valence-electron chi connectivity index (χ3n) is 4.25. The predicted octanol–water partition coefficient (Wildman–Crippen LogP) is 4.26. The number of rotatable bonds is 5. The van der Waals surface area contributed by atoms with Crippen LogP contribution in [0.15, 0.2) is 60.9 Å². The van der Waals surface area contributed by atoms with Gasteiger partial charge in [0.25, 0.3) is 0 Å². The van der Waals surface area contributed by atoms with Gasteiger partial charge in [0.05, 0.1) is 15.9 Å². The molecule has 2 aromatic carbocycles. The molecule has 28 heavy (non-hydrogen) atoms. The number of imidazole rings is 1. The maximum atomic E-state index is 14.4. The lowest BCUT2D eigenvalue weighted by atomic mass is 10.2. The van der Waals surface area contributed by atoms with Crippen LogP contribution in [0.25, 0.3) is 22.0 Å². The first-order valence-electron chi connectivity index (χ1n) is 8.70. The molecule has 0 aliphatic heterocycles. The van der Waals surface area contributed by atoms with Crippen LogP contribution in [-0.2, 0) is 11.3 Å². The molecule has 2 heterocycles. The lowest BCUT2D eigenvalue weighted by molar-refractivity contribution is -0.116. The van der Waals surface area contributed by atoms with Gasteiger partial charge in [0, 0.05) is 25.0 Å². The first-order valence-corrected chi connectivity index (χ1v) is 9.52. The van der Waals surface area contributed by atoms with Crippen molar-refractivity contribution in [3.05, 3.63) is 83.1 Å². The van der Waals surface area contributed by atoms with E-state index in [0.29, 0.717) is 17.1 Å². The smallest absolute Gasteiger partial charge is 0.244 e. The Hall–Kier alpha value is -3.32. The zero-order valence-electron chi connectivity index (χ0n) is 15.1. The summed E-state index contributed by atoms with van der Waals surface area (Å²) in [6.45, 7) is 2.05. The van der Waals surface area contributed by atoms with Gasteiger partial charge in [0.15, 0.2) is 0 Å². The molecular formula is C21H17FN4OS. The molecule has 5 nitrogen and oxygen atoms in total. The Morgan fingerprint density at radius 1 is 1.29 bits per heavy atom. The number of hydrogen-bond donors (Lipinski definition) is 1. The highest BCUT2D eigenvalue weighted by Gasteiger charge is 2.08. The highest BCUT2D eigenvalue weighted by molar-refractivity contribution is 7.19. The highest BCUT2D eigenvalue weighted by atomic mass is 32.1. The summed E-state index contributed by atoms with van der Waals surface area (Å²) in [7, 11) is 0. The number of para-hydroxylation sites is 1. The fraction of sp³-hybridized carbons (Fsp3) is 0.0952. The van der Waals surface area contributed by atoms with Gasteiger partial charge in [-0.3, -0.25) is 4.79 Å². The average Bonchev–Trinajstić information content (AvgIpc) is 3.30. The first kappa shape index (κ1) is 18.1. The van der Waals surface area contributed by atoms with Gasteiger partial charge in [0.2, 0.25) is 5.91 Å².